The number of carboxylic acid groups (broad SMARTS) is 1. The first kappa shape index (κ1) is 13.0. The molecule has 0 aromatic carbocycles. The van der Waals surface area contributed by atoms with Crippen LogP contribution in [0, 0.1) is 5.92 Å². The monoisotopic (exact) mass is 228 g/mol. The quantitative estimate of drug-likeness (QED) is 0.573. The highest BCUT2D eigenvalue weighted by Crippen LogP contribution is 2.14. The van der Waals surface area contributed by atoms with Crippen LogP contribution in [0.5, 0.6) is 0 Å². The fourth-order valence-corrected chi connectivity index (χ4v) is 1.91. The first-order valence-corrected chi connectivity index (χ1v) is 5.84. The Bertz CT molecular complexity index is 256. The minimum absolute atomic E-state index is 0.0420. The van der Waals surface area contributed by atoms with Crippen molar-refractivity contribution >= 4 is 11.9 Å². The van der Waals surface area contributed by atoms with Crippen LogP contribution in [0.4, 0.5) is 0 Å². The zero-order valence-corrected chi connectivity index (χ0v) is 9.66. The van der Waals surface area contributed by atoms with Gasteiger partial charge in [-0.05, 0) is 31.7 Å². The molecule has 2 unspecified atom stereocenters. The lowest BCUT2D eigenvalue weighted by Gasteiger charge is -2.15. The third-order valence-corrected chi connectivity index (χ3v) is 2.93. The minimum Gasteiger partial charge on any atom is -0.481 e. The van der Waals surface area contributed by atoms with Crippen molar-refractivity contribution in [2.45, 2.75) is 38.6 Å². The van der Waals surface area contributed by atoms with Gasteiger partial charge in [-0.1, -0.05) is 6.92 Å². The van der Waals surface area contributed by atoms with Crippen LogP contribution in [0.25, 0.3) is 0 Å². The molecule has 92 valence electrons. The Morgan fingerprint density at radius 1 is 1.44 bits per heavy atom. The summed E-state index contributed by atoms with van der Waals surface area (Å²) in [5.41, 5.74) is 0. The van der Waals surface area contributed by atoms with Crippen LogP contribution >= 0.6 is 0 Å². The molecular formula is C11H20N2O3. The third-order valence-electron chi connectivity index (χ3n) is 2.93. The predicted molar refractivity (Wildman–Crippen MR) is 60.1 cm³/mol. The molecule has 1 rings (SSSR count). The number of carboxylic acids is 1. The van der Waals surface area contributed by atoms with Crippen LogP contribution in [0.2, 0.25) is 0 Å². The maximum atomic E-state index is 11.7. The van der Waals surface area contributed by atoms with Crippen LogP contribution in [-0.2, 0) is 9.59 Å². The van der Waals surface area contributed by atoms with Gasteiger partial charge in [0.2, 0.25) is 5.91 Å². The smallest absolute Gasteiger partial charge is 0.303 e. The second-order valence-corrected chi connectivity index (χ2v) is 4.34. The van der Waals surface area contributed by atoms with Gasteiger partial charge in [-0.3, -0.25) is 9.59 Å². The molecule has 1 fully saturated rings. The molecule has 3 N–H and O–H groups in total. The Morgan fingerprint density at radius 3 is 2.75 bits per heavy atom. The Morgan fingerprint density at radius 2 is 2.19 bits per heavy atom. The van der Waals surface area contributed by atoms with Crippen molar-refractivity contribution in [2.24, 2.45) is 5.92 Å². The lowest BCUT2D eigenvalue weighted by Crippen LogP contribution is -2.43. The molecule has 2 atom stereocenters. The summed E-state index contributed by atoms with van der Waals surface area (Å²) in [6, 6.07) is -0.0699. The molecule has 1 amide bonds. The van der Waals surface area contributed by atoms with E-state index in [9.17, 15) is 9.59 Å². The number of rotatable bonds is 6. The van der Waals surface area contributed by atoms with E-state index in [0.29, 0.717) is 18.9 Å². The molecular weight excluding hydrogens is 208 g/mol. The third kappa shape index (κ3) is 4.18. The largest absolute Gasteiger partial charge is 0.481 e. The van der Waals surface area contributed by atoms with E-state index >= 15 is 0 Å². The average molecular weight is 228 g/mol. The molecule has 16 heavy (non-hydrogen) atoms. The van der Waals surface area contributed by atoms with Gasteiger partial charge in [0.05, 0.1) is 6.04 Å². The Kier molecular flexibility index (Phi) is 5.25. The van der Waals surface area contributed by atoms with Crippen LogP contribution in [0.15, 0.2) is 0 Å². The lowest BCUT2D eigenvalue weighted by atomic mass is 10.0. The van der Waals surface area contributed by atoms with Gasteiger partial charge in [-0.25, -0.2) is 0 Å². The van der Waals surface area contributed by atoms with Crippen molar-refractivity contribution < 1.29 is 14.7 Å². The van der Waals surface area contributed by atoms with E-state index in [4.69, 9.17) is 5.11 Å². The number of carbonyl (C=O) groups excluding carboxylic acids is 1. The highest BCUT2D eigenvalue weighted by molar-refractivity contribution is 5.82. The van der Waals surface area contributed by atoms with E-state index in [2.05, 4.69) is 17.6 Å². The molecule has 0 aliphatic carbocycles. The first-order chi connectivity index (χ1) is 7.61. The van der Waals surface area contributed by atoms with Crippen molar-refractivity contribution in [2.75, 3.05) is 13.1 Å². The maximum absolute atomic E-state index is 11.7. The number of hydrogen-bond acceptors (Lipinski definition) is 3. The zero-order valence-electron chi connectivity index (χ0n) is 9.66. The summed E-state index contributed by atoms with van der Waals surface area (Å²) in [6.07, 6.45) is 2.55. The van der Waals surface area contributed by atoms with Gasteiger partial charge >= 0.3 is 5.97 Å². The van der Waals surface area contributed by atoms with E-state index in [-0.39, 0.29) is 18.4 Å². The zero-order chi connectivity index (χ0) is 12.0. The summed E-state index contributed by atoms with van der Waals surface area (Å²) < 4.78 is 0. The molecule has 1 aliphatic rings. The Balaban J connectivity index is 2.08. The number of hydrogen-bond donors (Lipinski definition) is 3. The summed E-state index contributed by atoms with van der Waals surface area (Å²) in [5, 5.41) is 14.4. The van der Waals surface area contributed by atoms with Crippen molar-refractivity contribution in [3.8, 4) is 0 Å². The Labute approximate surface area is 95.6 Å². The fourth-order valence-electron chi connectivity index (χ4n) is 1.91. The van der Waals surface area contributed by atoms with Gasteiger partial charge in [0.1, 0.15) is 0 Å². The van der Waals surface area contributed by atoms with E-state index in [1.807, 2.05) is 0 Å². The highest BCUT2D eigenvalue weighted by atomic mass is 16.4. The second-order valence-electron chi connectivity index (χ2n) is 4.34. The van der Waals surface area contributed by atoms with E-state index in [1.165, 1.54) is 0 Å². The van der Waals surface area contributed by atoms with Gasteiger partial charge < -0.3 is 15.7 Å². The van der Waals surface area contributed by atoms with Crippen molar-refractivity contribution in [1.82, 2.24) is 10.6 Å². The van der Waals surface area contributed by atoms with Gasteiger partial charge in [0.15, 0.2) is 0 Å². The van der Waals surface area contributed by atoms with Crippen LogP contribution < -0.4 is 10.6 Å². The number of nitrogens with one attached hydrogen (secondary N) is 2. The molecule has 0 aromatic heterocycles. The molecule has 1 aliphatic heterocycles. The number of carbonyl (C=O) groups is 2. The summed E-state index contributed by atoms with van der Waals surface area (Å²) >= 11 is 0. The van der Waals surface area contributed by atoms with Crippen molar-refractivity contribution in [3.63, 3.8) is 0 Å². The summed E-state index contributed by atoms with van der Waals surface area (Å²) in [7, 11) is 0. The minimum atomic E-state index is -0.780. The van der Waals surface area contributed by atoms with Crippen LogP contribution in [0.1, 0.15) is 32.6 Å². The van der Waals surface area contributed by atoms with Crippen molar-refractivity contribution in [1.29, 1.82) is 0 Å². The molecule has 0 aromatic rings. The summed E-state index contributed by atoms with van der Waals surface area (Å²) in [5.74, 6) is -0.350. The normalized spacial score (nSPS) is 24.3. The van der Waals surface area contributed by atoms with Crippen LogP contribution in [0.3, 0.4) is 0 Å². The van der Waals surface area contributed by atoms with Gasteiger partial charge in [0.25, 0.3) is 0 Å². The molecule has 1 heterocycles. The first-order valence-electron chi connectivity index (χ1n) is 5.84. The van der Waals surface area contributed by atoms with Crippen LogP contribution in [-0.4, -0.2) is 36.1 Å². The van der Waals surface area contributed by atoms with E-state index in [1.54, 1.807) is 0 Å². The summed E-state index contributed by atoms with van der Waals surface area (Å²) in [6.45, 7) is 3.53. The molecule has 0 spiro atoms. The predicted octanol–water partition coefficient (Wildman–Crippen LogP) is 0.355. The highest BCUT2D eigenvalue weighted by Gasteiger charge is 2.28. The SMILES string of the molecule is CC1CCNC1C(=O)NCCCCC(=O)O. The average Bonchev–Trinajstić information content (AvgIpc) is 2.63. The molecule has 5 heteroatoms. The maximum Gasteiger partial charge on any atom is 0.303 e. The lowest BCUT2D eigenvalue weighted by molar-refractivity contribution is -0.137. The van der Waals surface area contributed by atoms with E-state index in [0.717, 1.165) is 19.4 Å². The van der Waals surface area contributed by atoms with Gasteiger partial charge in [-0.2, -0.15) is 0 Å². The molecule has 0 bridgehead atoms. The number of amides is 1. The van der Waals surface area contributed by atoms with Crippen molar-refractivity contribution in [3.05, 3.63) is 0 Å². The summed E-state index contributed by atoms with van der Waals surface area (Å²) in [4.78, 5) is 21.9. The second kappa shape index (κ2) is 6.48. The topological polar surface area (TPSA) is 78.4 Å². The standard InChI is InChI=1S/C11H20N2O3/c1-8-5-7-12-10(8)11(16)13-6-3-2-4-9(14)15/h8,10,12H,2-7H2,1H3,(H,13,16)(H,14,15). The van der Waals surface area contributed by atoms with Gasteiger partial charge in [-0.15, -0.1) is 0 Å². The molecule has 0 saturated carbocycles. The Hall–Kier alpha value is -1.10. The number of aliphatic carboxylic acids is 1. The van der Waals surface area contributed by atoms with E-state index < -0.39 is 5.97 Å². The molecule has 0 radical (unpaired) electrons. The molecule has 1 saturated heterocycles. The van der Waals surface area contributed by atoms with Gasteiger partial charge in [0, 0.05) is 13.0 Å². The number of unbranched alkanes of at least 4 members (excludes halogenated alkanes) is 1. The molecule has 5 nitrogen and oxygen atoms in total. The fraction of sp³-hybridized carbons (Fsp3) is 0.818.